The van der Waals surface area contributed by atoms with Gasteiger partial charge < -0.3 is 19.4 Å². The number of nitrogens with zero attached hydrogens (tertiary/aromatic N) is 2. The Kier molecular flexibility index (Phi) is 4.60. The Bertz CT molecular complexity index is 554. The number of ether oxygens (including phenoxy) is 2. The highest BCUT2D eigenvalue weighted by Gasteiger charge is 2.32. The van der Waals surface area contributed by atoms with E-state index in [1.807, 2.05) is 4.90 Å². The zero-order valence-electron chi connectivity index (χ0n) is 12.5. The van der Waals surface area contributed by atoms with Crippen LogP contribution in [-0.4, -0.2) is 62.0 Å². The van der Waals surface area contributed by atoms with Gasteiger partial charge in [0.15, 0.2) is 0 Å². The van der Waals surface area contributed by atoms with Crippen molar-refractivity contribution in [3.05, 3.63) is 24.0 Å². The molecule has 1 atom stereocenters. The maximum absolute atomic E-state index is 14.4. The van der Waals surface area contributed by atoms with Gasteiger partial charge in [-0.25, -0.2) is 9.18 Å². The summed E-state index contributed by atoms with van der Waals surface area (Å²) in [6.07, 6.45) is -0.590. The number of amides is 1. The number of halogens is 1. The Morgan fingerprint density at radius 1 is 1.36 bits per heavy atom. The highest BCUT2D eigenvalue weighted by atomic mass is 28.2. The van der Waals surface area contributed by atoms with Gasteiger partial charge in [0.25, 0.3) is 0 Å². The maximum atomic E-state index is 14.4. The molecule has 2 saturated heterocycles. The van der Waals surface area contributed by atoms with Gasteiger partial charge in [0, 0.05) is 19.6 Å². The predicted molar refractivity (Wildman–Crippen MR) is 85.0 cm³/mol. The number of morpholine rings is 1. The smallest absolute Gasteiger partial charge is 0.414 e. The van der Waals surface area contributed by atoms with Crippen molar-refractivity contribution in [2.24, 2.45) is 0 Å². The Morgan fingerprint density at radius 2 is 2.14 bits per heavy atom. The van der Waals surface area contributed by atoms with E-state index in [9.17, 15) is 9.18 Å². The molecule has 2 aliphatic heterocycles. The van der Waals surface area contributed by atoms with Gasteiger partial charge in [0.1, 0.15) is 11.9 Å². The summed E-state index contributed by atoms with van der Waals surface area (Å²) >= 11 is 0. The highest BCUT2D eigenvalue weighted by Crippen LogP contribution is 2.28. The molecule has 120 valence electrons. The number of hydrogen-bond donors (Lipinski definition) is 1. The first kappa shape index (κ1) is 15.3. The van der Waals surface area contributed by atoms with Gasteiger partial charge in [0.05, 0.1) is 41.5 Å². The zero-order valence-corrected chi connectivity index (χ0v) is 14.5. The first-order valence-electron chi connectivity index (χ1n) is 7.44. The molecule has 1 aromatic carbocycles. The van der Waals surface area contributed by atoms with E-state index in [2.05, 4.69) is 4.98 Å². The second kappa shape index (κ2) is 6.63. The second-order valence-electron chi connectivity index (χ2n) is 5.41. The van der Waals surface area contributed by atoms with Crippen LogP contribution in [0.5, 0.6) is 0 Å². The lowest BCUT2D eigenvalue weighted by molar-refractivity contribution is 0.122. The van der Waals surface area contributed by atoms with Crippen molar-refractivity contribution in [3.63, 3.8) is 0 Å². The molecule has 2 aliphatic rings. The molecular weight excluding hydrogens is 305 g/mol. The summed E-state index contributed by atoms with van der Waals surface area (Å²) in [5, 5.41) is 0. The summed E-state index contributed by atoms with van der Waals surface area (Å²) in [5.74, 6) is -0.323. The van der Waals surface area contributed by atoms with Crippen LogP contribution in [-0.2, 0) is 9.47 Å². The number of hydrogen-bond acceptors (Lipinski definition) is 5. The van der Waals surface area contributed by atoms with E-state index < -0.39 is 6.09 Å². The SMILES string of the molecule is O=C1OC(CN[SiH3])CN1c1ccc(N2CCOCC2)c(F)c1. The Morgan fingerprint density at radius 3 is 2.82 bits per heavy atom. The molecule has 0 aliphatic carbocycles. The van der Waals surface area contributed by atoms with Crippen molar-refractivity contribution in [1.29, 1.82) is 0 Å². The predicted octanol–water partition coefficient (Wildman–Crippen LogP) is -0.143. The molecule has 1 amide bonds. The van der Waals surface area contributed by atoms with Crippen LogP contribution in [0.4, 0.5) is 20.6 Å². The minimum absolute atomic E-state index is 0.174. The van der Waals surface area contributed by atoms with Crippen molar-refractivity contribution >= 4 is 27.9 Å². The lowest BCUT2D eigenvalue weighted by Crippen LogP contribution is -2.36. The molecule has 2 fully saturated rings. The van der Waals surface area contributed by atoms with Crippen LogP contribution in [0.1, 0.15) is 0 Å². The molecule has 2 heterocycles. The van der Waals surface area contributed by atoms with E-state index in [0.717, 1.165) is 10.4 Å². The normalized spacial score (nSPS) is 22.2. The standard InChI is InChI=1S/C14H20FN3O3Si/c15-12-7-10(18-9-11(8-16-22)21-14(18)19)1-2-13(12)17-3-5-20-6-4-17/h1-2,7,11,16H,3-6,8-9H2,22H3. The average molecular weight is 325 g/mol. The van der Waals surface area contributed by atoms with Crippen molar-refractivity contribution in [2.75, 3.05) is 49.2 Å². The summed E-state index contributed by atoms with van der Waals surface area (Å²) in [6, 6.07) is 4.90. The second-order valence-corrected chi connectivity index (χ2v) is 6.12. The molecule has 1 aromatic rings. The number of rotatable bonds is 4. The summed E-state index contributed by atoms with van der Waals surface area (Å²) in [7, 11) is 0.846. The van der Waals surface area contributed by atoms with E-state index in [0.29, 0.717) is 50.8 Å². The fourth-order valence-electron chi connectivity index (χ4n) is 2.79. The Labute approximate surface area is 131 Å². The third-order valence-electron chi connectivity index (χ3n) is 3.90. The van der Waals surface area contributed by atoms with Crippen molar-refractivity contribution in [1.82, 2.24) is 4.98 Å². The van der Waals surface area contributed by atoms with Crippen molar-refractivity contribution < 1.29 is 18.7 Å². The van der Waals surface area contributed by atoms with Gasteiger partial charge in [-0.1, -0.05) is 0 Å². The third kappa shape index (κ3) is 3.08. The summed E-state index contributed by atoms with van der Waals surface area (Å²) in [5.41, 5.74) is 1.09. The zero-order chi connectivity index (χ0) is 15.5. The summed E-state index contributed by atoms with van der Waals surface area (Å²) in [4.78, 5) is 18.4. The van der Waals surface area contributed by atoms with Crippen LogP contribution in [0.15, 0.2) is 18.2 Å². The first-order valence-corrected chi connectivity index (χ1v) is 8.44. The molecule has 22 heavy (non-hydrogen) atoms. The van der Waals surface area contributed by atoms with E-state index in [1.165, 1.54) is 11.0 Å². The maximum Gasteiger partial charge on any atom is 0.414 e. The molecule has 8 heteroatoms. The van der Waals surface area contributed by atoms with Crippen LogP contribution >= 0.6 is 0 Å². The number of anilines is 2. The van der Waals surface area contributed by atoms with Crippen LogP contribution < -0.4 is 14.8 Å². The molecule has 1 unspecified atom stereocenters. The van der Waals surface area contributed by atoms with E-state index >= 15 is 0 Å². The van der Waals surface area contributed by atoms with E-state index in [-0.39, 0.29) is 11.9 Å². The van der Waals surface area contributed by atoms with Crippen molar-refractivity contribution in [3.8, 4) is 0 Å². The molecule has 0 radical (unpaired) electrons. The monoisotopic (exact) mass is 325 g/mol. The van der Waals surface area contributed by atoms with Gasteiger partial charge in [-0.2, -0.15) is 0 Å². The molecule has 3 rings (SSSR count). The number of nitrogens with one attached hydrogen (secondary N) is 1. The van der Waals surface area contributed by atoms with Gasteiger partial charge in [-0.05, 0) is 18.2 Å². The summed E-state index contributed by atoms with van der Waals surface area (Å²) < 4.78 is 24.9. The third-order valence-corrected chi connectivity index (χ3v) is 4.31. The minimum Gasteiger partial charge on any atom is -0.443 e. The molecule has 0 spiro atoms. The molecule has 0 aromatic heterocycles. The van der Waals surface area contributed by atoms with E-state index in [1.54, 1.807) is 12.1 Å². The van der Waals surface area contributed by atoms with Gasteiger partial charge >= 0.3 is 6.09 Å². The Hall–Kier alpha value is -1.64. The van der Waals surface area contributed by atoms with Crippen LogP contribution in [0.25, 0.3) is 0 Å². The van der Waals surface area contributed by atoms with Gasteiger partial charge in [-0.15, -0.1) is 0 Å². The van der Waals surface area contributed by atoms with Gasteiger partial charge in [-0.3, -0.25) is 4.90 Å². The van der Waals surface area contributed by atoms with Crippen LogP contribution in [0, 0.1) is 5.82 Å². The topological polar surface area (TPSA) is 54.0 Å². The molecule has 0 bridgehead atoms. The lowest BCUT2D eigenvalue weighted by Gasteiger charge is -2.29. The van der Waals surface area contributed by atoms with Gasteiger partial charge in [0.2, 0.25) is 0 Å². The minimum atomic E-state index is -0.416. The fourth-order valence-corrected chi connectivity index (χ4v) is 3.25. The Balaban J connectivity index is 1.75. The highest BCUT2D eigenvalue weighted by molar-refractivity contribution is 6.04. The first-order chi connectivity index (χ1) is 10.7. The van der Waals surface area contributed by atoms with E-state index in [4.69, 9.17) is 9.47 Å². The largest absolute Gasteiger partial charge is 0.443 e. The molecule has 0 saturated carbocycles. The lowest BCUT2D eigenvalue weighted by atomic mass is 10.2. The molecular formula is C14H20FN3O3Si. The van der Waals surface area contributed by atoms with Crippen molar-refractivity contribution in [2.45, 2.75) is 6.10 Å². The molecule has 6 nitrogen and oxygen atoms in total. The van der Waals surface area contributed by atoms with Crippen LogP contribution in [0.2, 0.25) is 0 Å². The number of cyclic esters (lactones) is 1. The number of benzene rings is 1. The number of carbonyl (C=O) groups is 1. The molecule has 1 N–H and O–H groups in total. The average Bonchev–Trinajstić information content (AvgIpc) is 2.89. The van der Waals surface area contributed by atoms with Crippen LogP contribution in [0.3, 0.4) is 0 Å². The quantitative estimate of drug-likeness (QED) is 0.781. The fraction of sp³-hybridized carbons (Fsp3) is 0.500. The number of carbonyl (C=O) groups excluding carboxylic acids is 1. The summed E-state index contributed by atoms with van der Waals surface area (Å²) in [6.45, 7) is 3.66.